The summed E-state index contributed by atoms with van der Waals surface area (Å²) in [5, 5.41) is 1.03. The van der Waals surface area contributed by atoms with Gasteiger partial charge in [-0.05, 0) is 83.6 Å². The standard InChI is InChI=1S/C21H12Cl2INO3/c1-11-8-12(2-6-17(11)24)20-25-18(21(26)28-20)10-14-4-7-19(27-14)15-5-3-13(22)9-16(15)23/h2-10H,1H3/b18-10-. The van der Waals surface area contributed by atoms with Crippen molar-refractivity contribution in [2.45, 2.75) is 6.92 Å². The number of hydrogen-bond acceptors (Lipinski definition) is 4. The van der Waals surface area contributed by atoms with Crippen LogP contribution in [0.5, 0.6) is 0 Å². The molecule has 140 valence electrons. The Hall–Kier alpha value is -2.09. The van der Waals surface area contributed by atoms with Crippen LogP contribution < -0.4 is 0 Å². The zero-order valence-corrected chi connectivity index (χ0v) is 18.2. The number of aliphatic imine (C=N–C) groups is 1. The van der Waals surface area contributed by atoms with Crippen LogP contribution in [0.25, 0.3) is 17.4 Å². The number of esters is 1. The molecular formula is C21H12Cl2INO3. The van der Waals surface area contributed by atoms with Gasteiger partial charge in [0.2, 0.25) is 5.90 Å². The molecule has 2 heterocycles. The quantitative estimate of drug-likeness (QED) is 0.223. The summed E-state index contributed by atoms with van der Waals surface area (Å²) in [5.74, 6) is 0.797. The highest BCUT2D eigenvalue weighted by Crippen LogP contribution is 2.32. The van der Waals surface area contributed by atoms with Gasteiger partial charge in [-0.3, -0.25) is 0 Å². The van der Waals surface area contributed by atoms with Gasteiger partial charge in [0.1, 0.15) is 11.5 Å². The Kier molecular flexibility index (Phi) is 5.31. The van der Waals surface area contributed by atoms with E-state index in [9.17, 15) is 4.79 Å². The van der Waals surface area contributed by atoms with Crippen LogP contribution in [0.2, 0.25) is 10.0 Å². The smallest absolute Gasteiger partial charge is 0.363 e. The predicted octanol–water partition coefficient (Wildman–Crippen LogP) is 6.51. The summed E-state index contributed by atoms with van der Waals surface area (Å²) in [6, 6.07) is 14.4. The van der Waals surface area contributed by atoms with Crippen molar-refractivity contribution in [3.8, 4) is 11.3 Å². The van der Waals surface area contributed by atoms with E-state index in [1.165, 1.54) is 0 Å². The fourth-order valence-electron chi connectivity index (χ4n) is 2.71. The van der Waals surface area contributed by atoms with Crippen LogP contribution in [0.1, 0.15) is 16.9 Å². The van der Waals surface area contributed by atoms with Gasteiger partial charge in [-0.25, -0.2) is 9.79 Å². The molecule has 0 atom stereocenters. The van der Waals surface area contributed by atoms with Crippen molar-refractivity contribution in [1.29, 1.82) is 0 Å². The van der Waals surface area contributed by atoms with Gasteiger partial charge in [0.15, 0.2) is 5.70 Å². The highest BCUT2D eigenvalue weighted by Gasteiger charge is 2.25. The summed E-state index contributed by atoms with van der Waals surface area (Å²) in [5.41, 5.74) is 2.73. The fourth-order valence-corrected chi connectivity index (χ4v) is 3.55. The number of ether oxygens (including phenoxy) is 1. The van der Waals surface area contributed by atoms with Gasteiger partial charge < -0.3 is 9.15 Å². The lowest BCUT2D eigenvalue weighted by Gasteiger charge is -2.02. The molecule has 7 heteroatoms. The van der Waals surface area contributed by atoms with Crippen molar-refractivity contribution < 1.29 is 13.9 Å². The van der Waals surface area contributed by atoms with Crippen molar-refractivity contribution in [2.75, 3.05) is 0 Å². The molecule has 1 aromatic heterocycles. The summed E-state index contributed by atoms with van der Waals surface area (Å²) >= 11 is 14.4. The summed E-state index contributed by atoms with van der Waals surface area (Å²) in [6.07, 6.45) is 1.54. The zero-order valence-electron chi connectivity index (χ0n) is 14.5. The molecule has 0 bridgehead atoms. The molecule has 0 amide bonds. The molecule has 0 saturated carbocycles. The Balaban J connectivity index is 1.64. The third-order valence-electron chi connectivity index (χ3n) is 4.13. The lowest BCUT2D eigenvalue weighted by Crippen LogP contribution is -2.05. The van der Waals surface area contributed by atoms with Crippen LogP contribution in [0.15, 0.2) is 63.6 Å². The molecule has 0 N–H and O–H groups in total. The minimum Gasteiger partial charge on any atom is -0.457 e. The van der Waals surface area contributed by atoms with Gasteiger partial charge in [0.05, 0.1) is 5.02 Å². The number of halogens is 3. The number of carbonyl (C=O) groups is 1. The molecule has 1 aliphatic rings. The van der Waals surface area contributed by atoms with Crippen LogP contribution in [0.3, 0.4) is 0 Å². The third kappa shape index (κ3) is 3.87. The molecule has 28 heavy (non-hydrogen) atoms. The second kappa shape index (κ2) is 7.73. The summed E-state index contributed by atoms with van der Waals surface area (Å²) in [7, 11) is 0. The number of hydrogen-bond donors (Lipinski definition) is 0. The van der Waals surface area contributed by atoms with Crippen molar-refractivity contribution in [3.05, 3.63) is 84.7 Å². The molecule has 2 aromatic carbocycles. The summed E-state index contributed by atoms with van der Waals surface area (Å²) in [6.45, 7) is 1.99. The van der Waals surface area contributed by atoms with E-state index in [4.69, 9.17) is 32.4 Å². The zero-order chi connectivity index (χ0) is 19.8. The molecule has 0 unspecified atom stereocenters. The fraction of sp³-hybridized carbons (Fsp3) is 0.0476. The molecule has 0 aliphatic carbocycles. The number of carbonyl (C=O) groups excluding carboxylic acids is 1. The van der Waals surface area contributed by atoms with Crippen molar-refractivity contribution in [1.82, 2.24) is 0 Å². The van der Waals surface area contributed by atoms with Gasteiger partial charge in [-0.1, -0.05) is 23.2 Å². The topological polar surface area (TPSA) is 51.8 Å². The van der Waals surface area contributed by atoms with Gasteiger partial charge in [-0.2, -0.15) is 0 Å². The number of aryl methyl sites for hydroxylation is 1. The molecule has 3 aromatic rings. The average molecular weight is 524 g/mol. The largest absolute Gasteiger partial charge is 0.457 e. The minimum atomic E-state index is -0.520. The first kappa shape index (κ1) is 19.2. The number of cyclic esters (lactones) is 1. The molecule has 0 fully saturated rings. The Bertz CT molecular complexity index is 1160. The van der Waals surface area contributed by atoms with Crippen LogP contribution in [0, 0.1) is 10.5 Å². The molecule has 0 radical (unpaired) electrons. The highest BCUT2D eigenvalue weighted by molar-refractivity contribution is 14.1. The van der Waals surface area contributed by atoms with Crippen LogP contribution in [0.4, 0.5) is 0 Å². The summed E-state index contributed by atoms with van der Waals surface area (Å²) in [4.78, 5) is 16.5. The predicted molar refractivity (Wildman–Crippen MR) is 119 cm³/mol. The van der Waals surface area contributed by atoms with E-state index in [1.54, 1.807) is 36.4 Å². The molecule has 4 nitrogen and oxygen atoms in total. The SMILES string of the molecule is Cc1cc(C2=N/C(=C\c3ccc(-c4ccc(Cl)cc4Cl)o3)C(=O)O2)ccc1I. The second-order valence-electron chi connectivity index (χ2n) is 6.13. The number of benzene rings is 2. The van der Waals surface area contributed by atoms with Crippen LogP contribution in [-0.2, 0) is 9.53 Å². The summed E-state index contributed by atoms with van der Waals surface area (Å²) < 4.78 is 12.2. The van der Waals surface area contributed by atoms with Gasteiger partial charge in [-0.15, -0.1) is 0 Å². The first-order valence-corrected chi connectivity index (χ1v) is 10.1. The van der Waals surface area contributed by atoms with Crippen molar-refractivity contribution in [3.63, 3.8) is 0 Å². The molecule has 0 spiro atoms. The van der Waals surface area contributed by atoms with Gasteiger partial charge in [0.25, 0.3) is 0 Å². The van der Waals surface area contributed by atoms with Crippen molar-refractivity contribution >= 4 is 63.7 Å². The second-order valence-corrected chi connectivity index (χ2v) is 8.13. The molecule has 1 aliphatic heterocycles. The lowest BCUT2D eigenvalue weighted by molar-refractivity contribution is -0.129. The maximum atomic E-state index is 12.2. The van der Waals surface area contributed by atoms with E-state index in [-0.39, 0.29) is 11.6 Å². The van der Waals surface area contributed by atoms with E-state index < -0.39 is 5.97 Å². The van der Waals surface area contributed by atoms with E-state index >= 15 is 0 Å². The van der Waals surface area contributed by atoms with E-state index in [1.807, 2.05) is 25.1 Å². The first-order valence-electron chi connectivity index (χ1n) is 8.25. The van der Waals surface area contributed by atoms with E-state index in [0.717, 1.165) is 14.7 Å². The maximum Gasteiger partial charge on any atom is 0.363 e. The number of rotatable bonds is 3. The Morgan fingerprint density at radius 2 is 1.89 bits per heavy atom. The average Bonchev–Trinajstić information content (AvgIpc) is 3.25. The van der Waals surface area contributed by atoms with Crippen LogP contribution >= 0.6 is 45.8 Å². The van der Waals surface area contributed by atoms with E-state index in [0.29, 0.717) is 27.1 Å². The van der Waals surface area contributed by atoms with Crippen molar-refractivity contribution in [2.24, 2.45) is 4.99 Å². The minimum absolute atomic E-state index is 0.175. The lowest BCUT2D eigenvalue weighted by atomic mass is 10.1. The Morgan fingerprint density at radius 1 is 1.07 bits per heavy atom. The van der Waals surface area contributed by atoms with E-state index in [2.05, 4.69) is 27.6 Å². The normalized spacial score (nSPS) is 15.1. The number of furan rings is 1. The first-order chi connectivity index (χ1) is 13.4. The molecule has 0 saturated heterocycles. The Labute approximate surface area is 185 Å². The molecular weight excluding hydrogens is 512 g/mol. The maximum absolute atomic E-state index is 12.2. The number of nitrogens with zero attached hydrogens (tertiary/aromatic N) is 1. The monoisotopic (exact) mass is 523 g/mol. The Morgan fingerprint density at radius 3 is 2.64 bits per heavy atom. The molecule has 4 rings (SSSR count). The van der Waals surface area contributed by atoms with Crippen LogP contribution in [-0.4, -0.2) is 11.9 Å². The van der Waals surface area contributed by atoms with Gasteiger partial charge in [0, 0.05) is 25.8 Å². The van der Waals surface area contributed by atoms with Gasteiger partial charge >= 0.3 is 5.97 Å². The third-order valence-corrected chi connectivity index (χ3v) is 5.89. The highest BCUT2D eigenvalue weighted by atomic mass is 127.